The Balaban J connectivity index is 1.27. The highest BCUT2D eigenvalue weighted by Gasteiger charge is 2.22. The summed E-state index contributed by atoms with van der Waals surface area (Å²) < 4.78 is 13.2. The minimum atomic E-state index is -0.147. The average Bonchev–Trinajstić information content (AvgIpc) is 3.44. The number of benzene rings is 2. The van der Waals surface area contributed by atoms with Crippen molar-refractivity contribution < 1.29 is 14.3 Å². The Bertz CT molecular complexity index is 1190. The summed E-state index contributed by atoms with van der Waals surface area (Å²) in [7, 11) is 0. The smallest absolute Gasteiger partial charge is 0.265 e. The Hall–Kier alpha value is -3.65. The molecule has 0 aliphatic carbocycles. The summed E-state index contributed by atoms with van der Waals surface area (Å²) in [5.74, 6) is 1.39. The molecule has 0 radical (unpaired) electrons. The number of carbonyl (C=O) groups is 1. The summed E-state index contributed by atoms with van der Waals surface area (Å²) in [6, 6.07) is 17.2. The van der Waals surface area contributed by atoms with Crippen LogP contribution in [0.2, 0.25) is 0 Å². The van der Waals surface area contributed by atoms with Crippen LogP contribution in [0.4, 0.5) is 5.69 Å². The maximum absolute atomic E-state index is 12.8. The van der Waals surface area contributed by atoms with Gasteiger partial charge in [-0.05, 0) is 30.3 Å². The molecule has 0 bridgehead atoms. The number of para-hydroxylation sites is 1. The quantitative estimate of drug-likeness (QED) is 0.507. The summed E-state index contributed by atoms with van der Waals surface area (Å²) in [6.45, 7) is 1.53. The van der Waals surface area contributed by atoms with Gasteiger partial charge in [-0.3, -0.25) is 4.79 Å². The van der Waals surface area contributed by atoms with Gasteiger partial charge in [-0.25, -0.2) is 9.67 Å². The van der Waals surface area contributed by atoms with Crippen molar-refractivity contribution in [3.63, 3.8) is 0 Å². The first-order valence-corrected chi connectivity index (χ1v) is 10.3. The topological polar surface area (TPSA) is 78.3 Å². The molecule has 150 valence electrons. The molecule has 7 nitrogen and oxygen atoms in total. The van der Waals surface area contributed by atoms with E-state index in [1.165, 1.54) is 17.7 Å². The number of anilines is 1. The Morgan fingerprint density at radius 3 is 3.03 bits per heavy atom. The van der Waals surface area contributed by atoms with E-state index in [2.05, 4.69) is 15.4 Å². The van der Waals surface area contributed by atoms with Crippen molar-refractivity contribution in [3.05, 3.63) is 77.7 Å². The van der Waals surface area contributed by atoms with Gasteiger partial charge in [0.2, 0.25) is 0 Å². The summed E-state index contributed by atoms with van der Waals surface area (Å²) in [5.41, 5.74) is 2.75. The highest BCUT2D eigenvalue weighted by atomic mass is 32.1. The molecular weight excluding hydrogens is 400 g/mol. The first kappa shape index (κ1) is 18.4. The maximum Gasteiger partial charge on any atom is 0.265 e. The third kappa shape index (κ3) is 3.77. The van der Waals surface area contributed by atoms with E-state index in [0.717, 1.165) is 21.8 Å². The molecule has 1 aliphatic rings. The molecular formula is C22H18N4O3S. The number of thiophene rings is 1. The van der Waals surface area contributed by atoms with Crippen molar-refractivity contribution in [1.29, 1.82) is 0 Å². The second kappa shape index (κ2) is 8.00. The number of carbonyl (C=O) groups excluding carboxylic acids is 1. The van der Waals surface area contributed by atoms with Crippen molar-refractivity contribution >= 4 is 22.9 Å². The molecule has 0 atom stereocenters. The van der Waals surface area contributed by atoms with Gasteiger partial charge < -0.3 is 14.8 Å². The lowest BCUT2D eigenvalue weighted by Crippen LogP contribution is -2.11. The zero-order chi connectivity index (χ0) is 20.3. The molecule has 30 heavy (non-hydrogen) atoms. The molecule has 3 heterocycles. The van der Waals surface area contributed by atoms with Gasteiger partial charge >= 0.3 is 0 Å². The van der Waals surface area contributed by atoms with Gasteiger partial charge in [0.15, 0.2) is 0 Å². The molecule has 8 heteroatoms. The largest absolute Gasteiger partial charge is 0.492 e. The average molecular weight is 418 g/mol. The normalized spacial score (nSPS) is 11.9. The lowest BCUT2D eigenvalue weighted by Gasteiger charge is -2.16. The standard InChI is InChI=1S/C22H18N4O3S/c27-22(20-10-15-12-29-19-7-2-1-6-18(19)21(15)30-20)25-16-4-3-5-17(11-16)28-9-8-26-14-23-13-24-26/h1-7,10-11,13-14H,8-9,12H2,(H,25,27). The third-order valence-corrected chi connectivity index (χ3v) is 5.90. The molecule has 1 N–H and O–H groups in total. The summed E-state index contributed by atoms with van der Waals surface area (Å²) in [4.78, 5) is 18.5. The zero-order valence-corrected chi connectivity index (χ0v) is 16.8. The SMILES string of the molecule is O=C(Nc1cccc(OCCn2cncn2)c1)c1cc2c(s1)-c1ccccc1OC2. The first-order chi connectivity index (χ1) is 14.8. The fourth-order valence-electron chi connectivity index (χ4n) is 3.27. The summed E-state index contributed by atoms with van der Waals surface area (Å²) in [5, 5.41) is 7.00. The predicted molar refractivity (Wildman–Crippen MR) is 114 cm³/mol. The minimum Gasteiger partial charge on any atom is -0.492 e. The van der Waals surface area contributed by atoms with Crippen LogP contribution in [-0.2, 0) is 13.2 Å². The van der Waals surface area contributed by atoms with Crippen LogP contribution >= 0.6 is 11.3 Å². The molecule has 1 amide bonds. The predicted octanol–water partition coefficient (Wildman–Crippen LogP) is 4.23. The van der Waals surface area contributed by atoms with Crippen molar-refractivity contribution in [1.82, 2.24) is 14.8 Å². The molecule has 2 aromatic carbocycles. The fourth-order valence-corrected chi connectivity index (χ4v) is 4.37. The minimum absolute atomic E-state index is 0.147. The van der Waals surface area contributed by atoms with E-state index in [1.807, 2.05) is 54.6 Å². The van der Waals surface area contributed by atoms with Gasteiger partial charge in [0.1, 0.15) is 37.4 Å². The number of nitrogens with one attached hydrogen (secondary N) is 1. The third-order valence-electron chi connectivity index (χ3n) is 4.70. The van der Waals surface area contributed by atoms with Crippen LogP contribution in [0, 0.1) is 0 Å². The molecule has 4 aromatic rings. The van der Waals surface area contributed by atoms with Crippen LogP contribution in [0.5, 0.6) is 11.5 Å². The highest BCUT2D eigenvalue weighted by molar-refractivity contribution is 7.17. The lowest BCUT2D eigenvalue weighted by atomic mass is 10.1. The first-order valence-electron chi connectivity index (χ1n) is 9.48. The van der Waals surface area contributed by atoms with Gasteiger partial charge in [-0.1, -0.05) is 18.2 Å². The van der Waals surface area contributed by atoms with Gasteiger partial charge in [0, 0.05) is 27.8 Å². The van der Waals surface area contributed by atoms with E-state index in [9.17, 15) is 4.79 Å². The number of rotatable bonds is 6. The van der Waals surface area contributed by atoms with E-state index in [-0.39, 0.29) is 5.91 Å². The molecule has 0 unspecified atom stereocenters. The molecule has 0 fully saturated rings. The molecule has 0 saturated heterocycles. The van der Waals surface area contributed by atoms with Crippen LogP contribution in [0.1, 0.15) is 15.2 Å². The van der Waals surface area contributed by atoms with Gasteiger partial charge in [0.25, 0.3) is 5.91 Å². The molecule has 2 aromatic heterocycles. The Morgan fingerprint density at radius 2 is 2.13 bits per heavy atom. The monoisotopic (exact) mass is 418 g/mol. The molecule has 0 saturated carbocycles. The molecule has 1 aliphatic heterocycles. The van der Waals surface area contributed by atoms with Crippen molar-refractivity contribution in [3.8, 4) is 21.9 Å². The number of hydrogen-bond acceptors (Lipinski definition) is 6. The highest BCUT2D eigenvalue weighted by Crippen LogP contribution is 2.42. The summed E-state index contributed by atoms with van der Waals surface area (Å²) in [6.07, 6.45) is 3.13. The van der Waals surface area contributed by atoms with Gasteiger partial charge in [-0.15, -0.1) is 11.3 Å². The van der Waals surface area contributed by atoms with E-state index >= 15 is 0 Å². The second-order valence-electron chi connectivity index (χ2n) is 6.74. The second-order valence-corrected chi connectivity index (χ2v) is 7.79. The van der Waals surface area contributed by atoms with Crippen LogP contribution in [-0.4, -0.2) is 27.3 Å². The zero-order valence-electron chi connectivity index (χ0n) is 15.9. The number of fused-ring (bicyclic) bond motifs is 3. The van der Waals surface area contributed by atoms with Crippen LogP contribution in [0.3, 0.4) is 0 Å². The van der Waals surface area contributed by atoms with Crippen LogP contribution in [0.15, 0.2) is 67.3 Å². The number of amides is 1. The van der Waals surface area contributed by atoms with E-state index in [1.54, 1.807) is 11.0 Å². The number of ether oxygens (including phenoxy) is 2. The molecule has 5 rings (SSSR count). The Morgan fingerprint density at radius 1 is 1.20 bits per heavy atom. The number of aromatic nitrogens is 3. The van der Waals surface area contributed by atoms with Crippen molar-refractivity contribution in [2.45, 2.75) is 13.2 Å². The maximum atomic E-state index is 12.8. The number of hydrogen-bond donors (Lipinski definition) is 1. The van der Waals surface area contributed by atoms with E-state index in [4.69, 9.17) is 9.47 Å². The number of nitrogens with zero attached hydrogens (tertiary/aromatic N) is 3. The fraction of sp³-hybridized carbons (Fsp3) is 0.136. The van der Waals surface area contributed by atoms with Gasteiger partial charge in [-0.2, -0.15) is 5.10 Å². The Kier molecular flexibility index (Phi) is 4.90. The van der Waals surface area contributed by atoms with Crippen LogP contribution in [0.25, 0.3) is 10.4 Å². The van der Waals surface area contributed by atoms with E-state index < -0.39 is 0 Å². The van der Waals surface area contributed by atoms with Crippen LogP contribution < -0.4 is 14.8 Å². The Labute approximate surface area is 176 Å². The van der Waals surface area contributed by atoms with Crippen molar-refractivity contribution in [2.75, 3.05) is 11.9 Å². The molecule has 0 spiro atoms. The van der Waals surface area contributed by atoms with Crippen molar-refractivity contribution in [2.24, 2.45) is 0 Å². The lowest BCUT2D eigenvalue weighted by molar-refractivity contribution is 0.103. The van der Waals surface area contributed by atoms with E-state index in [0.29, 0.717) is 36.1 Å². The summed E-state index contributed by atoms with van der Waals surface area (Å²) >= 11 is 1.48. The van der Waals surface area contributed by atoms with Gasteiger partial charge in [0.05, 0.1) is 11.4 Å².